The number of amides is 1. The number of anilines is 2. The first-order valence-electron chi connectivity index (χ1n) is 11.6. The van der Waals surface area contributed by atoms with Gasteiger partial charge in [-0.2, -0.15) is 13.5 Å². The maximum atomic E-state index is 14.7. The highest BCUT2D eigenvalue weighted by molar-refractivity contribution is 7.59. The predicted molar refractivity (Wildman–Crippen MR) is 144 cm³/mol. The van der Waals surface area contributed by atoms with Crippen LogP contribution in [0.3, 0.4) is 0 Å². The molecular weight excluding hydrogens is 477 g/mol. The van der Waals surface area contributed by atoms with Gasteiger partial charge in [-0.1, -0.05) is 13.0 Å². The molecule has 0 spiro atoms. The summed E-state index contributed by atoms with van der Waals surface area (Å²) < 4.78 is 14.7. The molecule has 1 aliphatic rings. The zero-order valence-corrected chi connectivity index (χ0v) is 21.0. The predicted octanol–water partition coefficient (Wildman–Crippen LogP) is 4.49. The third-order valence-electron chi connectivity index (χ3n) is 6.12. The molecule has 8 nitrogen and oxygen atoms in total. The van der Waals surface area contributed by atoms with Gasteiger partial charge in [-0.3, -0.25) is 9.78 Å². The first kappa shape index (κ1) is 25.3. The molecule has 1 fully saturated rings. The van der Waals surface area contributed by atoms with Gasteiger partial charge in [0.1, 0.15) is 23.8 Å². The molecule has 3 N–H and O–H groups in total. The molecule has 1 saturated carbocycles. The molecule has 1 aliphatic carbocycles. The molecule has 0 radical (unpaired) electrons. The third kappa shape index (κ3) is 5.38. The number of halogens is 1. The van der Waals surface area contributed by atoms with E-state index in [1.165, 1.54) is 44.5 Å². The number of nitrogens with zero attached hydrogens (tertiary/aromatic N) is 4. The highest BCUT2D eigenvalue weighted by atomic mass is 32.1. The van der Waals surface area contributed by atoms with E-state index in [1.54, 1.807) is 12.3 Å². The van der Waals surface area contributed by atoms with Crippen LogP contribution in [0, 0.1) is 5.82 Å². The summed E-state index contributed by atoms with van der Waals surface area (Å²) in [6.45, 7) is 2.55. The largest absolute Gasteiger partial charge is 0.369 e. The number of hydrogen-bond acceptors (Lipinski definition) is 7. The van der Waals surface area contributed by atoms with Crippen LogP contribution in [0.4, 0.5) is 16.0 Å². The maximum Gasteiger partial charge on any atom is 0.251 e. The van der Waals surface area contributed by atoms with Crippen LogP contribution < -0.4 is 16.0 Å². The lowest BCUT2D eigenvalue weighted by Gasteiger charge is -2.17. The van der Waals surface area contributed by atoms with Gasteiger partial charge in [0.15, 0.2) is 0 Å². The summed E-state index contributed by atoms with van der Waals surface area (Å²) in [5.41, 5.74) is 3.26. The number of fused-ring (bicyclic) bond motifs is 1. The van der Waals surface area contributed by atoms with Gasteiger partial charge in [-0.05, 0) is 42.7 Å². The number of nitrogens with one attached hydrogen (secondary N) is 3. The SMILES string of the molecule is CNC(=O)c1ccnc2c([C@H](C)CNc3cc(-c4ccc(NC5CC5)nc4)ncn3)ccc(F)c12.S. The number of carbonyl (C=O) groups is 1. The molecule has 186 valence electrons. The van der Waals surface area contributed by atoms with Gasteiger partial charge >= 0.3 is 0 Å². The summed E-state index contributed by atoms with van der Waals surface area (Å²) in [5, 5.41) is 9.51. The second-order valence-electron chi connectivity index (χ2n) is 8.72. The monoisotopic (exact) mass is 505 g/mol. The zero-order valence-electron chi connectivity index (χ0n) is 20.0. The van der Waals surface area contributed by atoms with Crippen molar-refractivity contribution < 1.29 is 9.18 Å². The lowest BCUT2D eigenvalue weighted by Crippen LogP contribution is -2.19. The van der Waals surface area contributed by atoms with Crippen LogP contribution in [-0.2, 0) is 0 Å². The normalized spacial score (nSPS) is 13.5. The lowest BCUT2D eigenvalue weighted by molar-refractivity contribution is 0.0964. The van der Waals surface area contributed by atoms with Crippen LogP contribution in [0.25, 0.3) is 22.2 Å². The van der Waals surface area contributed by atoms with E-state index in [0.29, 0.717) is 23.9 Å². The van der Waals surface area contributed by atoms with Crippen molar-refractivity contribution in [1.82, 2.24) is 25.3 Å². The van der Waals surface area contributed by atoms with Gasteiger partial charge in [0, 0.05) is 55.0 Å². The van der Waals surface area contributed by atoms with Gasteiger partial charge in [-0.15, -0.1) is 0 Å². The zero-order chi connectivity index (χ0) is 24.4. The van der Waals surface area contributed by atoms with Crippen molar-refractivity contribution >= 4 is 41.9 Å². The van der Waals surface area contributed by atoms with Crippen LogP contribution in [-0.4, -0.2) is 45.5 Å². The fourth-order valence-electron chi connectivity index (χ4n) is 4.02. The Bertz CT molecular complexity index is 1380. The van der Waals surface area contributed by atoms with Crippen LogP contribution in [0.2, 0.25) is 0 Å². The van der Waals surface area contributed by atoms with Gasteiger partial charge in [-0.25, -0.2) is 19.3 Å². The molecule has 0 saturated heterocycles. The van der Waals surface area contributed by atoms with Crippen LogP contribution >= 0.6 is 13.5 Å². The Morgan fingerprint density at radius 2 is 1.92 bits per heavy atom. The van der Waals surface area contributed by atoms with E-state index in [2.05, 4.69) is 35.9 Å². The molecule has 5 rings (SSSR count). The molecular formula is C26H28FN7OS. The summed E-state index contributed by atoms with van der Waals surface area (Å²) in [4.78, 5) is 29.8. The molecule has 0 aliphatic heterocycles. The van der Waals surface area contributed by atoms with Crippen molar-refractivity contribution in [2.75, 3.05) is 24.2 Å². The smallest absolute Gasteiger partial charge is 0.251 e. The standard InChI is InChI=1S/C26H26FN7O.H2S/c1-15(18-6-7-20(27)24-19(26(35)28-2)9-10-29-25(18)24)12-30-23-11-21(32-14-33-23)16-3-8-22(31-13-16)34-17-4-5-17;/h3,6-11,13-15,17H,4-5,12H2,1-2H3,(H,28,35)(H,31,34)(H,30,32,33);1H2/t15-;/m1./s1. The highest BCUT2D eigenvalue weighted by Gasteiger charge is 2.21. The average Bonchev–Trinajstić information content (AvgIpc) is 3.71. The molecule has 36 heavy (non-hydrogen) atoms. The molecule has 3 heterocycles. The molecule has 0 bridgehead atoms. The molecule has 1 aromatic carbocycles. The second-order valence-corrected chi connectivity index (χ2v) is 8.72. The van der Waals surface area contributed by atoms with E-state index >= 15 is 0 Å². The van der Waals surface area contributed by atoms with Gasteiger partial charge in [0.05, 0.1) is 16.8 Å². The number of hydrogen-bond donors (Lipinski definition) is 3. The van der Waals surface area contributed by atoms with Gasteiger partial charge in [0.2, 0.25) is 0 Å². The second kappa shape index (κ2) is 10.9. The minimum atomic E-state index is -0.469. The van der Waals surface area contributed by atoms with E-state index in [9.17, 15) is 9.18 Å². The van der Waals surface area contributed by atoms with Gasteiger partial charge in [0.25, 0.3) is 5.91 Å². The third-order valence-corrected chi connectivity index (χ3v) is 6.12. The molecule has 4 aromatic rings. The fourth-order valence-corrected chi connectivity index (χ4v) is 4.02. The number of rotatable bonds is 8. The Morgan fingerprint density at radius 3 is 2.64 bits per heavy atom. The Hall–Kier alpha value is -3.79. The van der Waals surface area contributed by atoms with E-state index in [4.69, 9.17) is 0 Å². The van der Waals surface area contributed by atoms with Crippen molar-refractivity contribution in [2.24, 2.45) is 0 Å². The molecule has 1 atom stereocenters. The quantitative estimate of drug-likeness (QED) is 0.324. The Morgan fingerprint density at radius 1 is 1.08 bits per heavy atom. The minimum Gasteiger partial charge on any atom is -0.369 e. The first-order valence-corrected chi connectivity index (χ1v) is 11.6. The Kier molecular flexibility index (Phi) is 7.64. The van der Waals surface area contributed by atoms with Gasteiger partial charge < -0.3 is 16.0 Å². The van der Waals surface area contributed by atoms with Crippen molar-refractivity contribution in [3.63, 3.8) is 0 Å². The summed E-state index contributed by atoms with van der Waals surface area (Å²) >= 11 is 0. The average molecular weight is 506 g/mol. The maximum absolute atomic E-state index is 14.7. The number of carbonyl (C=O) groups excluding carboxylic acids is 1. The Balaban J connectivity index is 0.00000304. The van der Waals surface area contributed by atoms with Crippen molar-refractivity contribution in [3.05, 3.63) is 72.1 Å². The number of aromatic nitrogens is 4. The Labute approximate surface area is 215 Å². The van der Waals surface area contributed by atoms with Crippen molar-refractivity contribution in [2.45, 2.75) is 31.7 Å². The van der Waals surface area contributed by atoms with Crippen molar-refractivity contribution in [3.8, 4) is 11.3 Å². The molecule has 3 aromatic heterocycles. The lowest BCUT2D eigenvalue weighted by atomic mass is 9.95. The first-order chi connectivity index (χ1) is 17.0. The summed E-state index contributed by atoms with van der Waals surface area (Å²) in [7, 11) is 1.52. The van der Waals surface area contributed by atoms with E-state index in [-0.39, 0.29) is 36.3 Å². The number of benzene rings is 1. The summed E-state index contributed by atoms with van der Waals surface area (Å²) in [5.74, 6) is 0.699. The van der Waals surface area contributed by atoms with Crippen LogP contribution in [0.5, 0.6) is 0 Å². The highest BCUT2D eigenvalue weighted by Crippen LogP contribution is 2.29. The minimum absolute atomic E-state index is 0. The van der Waals surface area contributed by atoms with E-state index < -0.39 is 5.82 Å². The van der Waals surface area contributed by atoms with E-state index in [0.717, 1.165) is 22.6 Å². The molecule has 1 amide bonds. The molecule has 10 heteroatoms. The molecule has 0 unspecified atom stereocenters. The fraction of sp³-hybridized carbons (Fsp3) is 0.269. The number of pyridine rings is 2. The van der Waals surface area contributed by atoms with E-state index in [1.807, 2.05) is 25.1 Å². The van der Waals surface area contributed by atoms with Crippen LogP contribution in [0.1, 0.15) is 41.6 Å². The summed E-state index contributed by atoms with van der Waals surface area (Å²) in [6, 6.07) is 11.0. The van der Waals surface area contributed by atoms with Crippen LogP contribution in [0.15, 0.2) is 55.1 Å². The summed E-state index contributed by atoms with van der Waals surface area (Å²) in [6.07, 6.45) is 7.25. The topological polar surface area (TPSA) is 105 Å². The van der Waals surface area contributed by atoms with Crippen molar-refractivity contribution in [1.29, 1.82) is 0 Å².